The van der Waals surface area contributed by atoms with Crippen LogP contribution in [0.1, 0.15) is 41.4 Å². The molecule has 0 aliphatic carbocycles. The molecule has 2 rings (SSSR count). The van der Waals surface area contributed by atoms with Crippen molar-refractivity contribution < 1.29 is 19.1 Å². The zero-order chi connectivity index (χ0) is 23.8. The Labute approximate surface area is 187 Å². The number of ether oxygens (including phenoxy) is 1. The van der Waals surface area contributed by atoms with E-state index in [-0.39, 0.29) is 5.57 Å². The molecular formula is C24H28N4O4. The number of aryl methyl sites for hydroxylation is 3. The lowest BCUT2D eigenvalue weighted by molar-refractivity contribution is -0.144. The van der Waals surface area contributed by atoms with Crippen molar-refractivity contribution >= 4 is 29.7 Å². The molecule has 0 unspecified atom stereocenters. The number of nitrogens with one attached hydrogen (secondary N) is 2. The molecule has 8 nitrogen and oxygen atoms in total. The summed E-state index contributed by atoms with van der Waals surface area (Å²) in [6.07, 6.45) is 2.40. The van der Waals surface area contributed by atoms with Gasteiger partial charge in [-0.25, -0.2) is 9.59 Å². The molecule has 0 aliphatic rings. The third-order valence-electron chi connectivity index (χ3n) is 4.92. The molecule has 0 radical (unpaired) electrons. The smallest absolute Gasteiger partial charge is 0.349 e. The van der Waals surface area contributed by atoms with Gasteiger partial charge in [-0.05, 0) is 63.5 Å². The maximum absolute atomic E-state index is 12.3. The Hall–Kier alpha value is -3.86. The first-order valence-corrected chi connectivity index (χ1v) is 10.3. The van der Waals surface area contributed by atoms with E-state index in [2.05, 4.69) is 22.1 Å². The minimum atomic E-state index is -0.933. The molecule has 0 bridgehead atoms. The van der Waals surface area contributed by atoms with Crippen molar-refractivity contribution in [3.8, 4) is 6.07 Å². The number of anilines is 1. The van der Waals surface area contributed by atoms with E-state index in [0.29, 0.717) is 5.69 Å². The molecular weight excluding hydrogens is 408 g/mol. The molecule has 0 atom stereocenters. The topological polar surface area (TPSA) is 113 Å². The molecule has 0 saturated heterocycles. The minimum Gasteiger partial charge on any atom is -0.451 e. The second kappa shape index (κ2) is 11.0. The van der Waals surface area contributed by atoms with Crippen LogP contribution in [0.5, 0.6) is 0 Å². The lowest BCUT2D eigenvalue weighted by Gasteiger charge is -2.10. The number of urea groups is 1. The Balaban J connectivity index is 1.96. The number of carbonyl (C=O) groups is 3. The SMILES string of the molecule is CCCn1c(C)cc(/C=C(\C#N)C(=O)OCC(=O)NC(=O)Nc2ccc(C)cc2C)c1C. The maximum atomic E-state index is 12.3. The van der Waals surface area contributed by atoms with Gasteiger partial charge in [-0.15, -0.1) is 0 Å². The summed E-state index contributed by atoms with van der Waals surface area (Å²) >= 11 is 0. The summed E-state index contributed by atoms with van der Waals surface area (Å²) < 4.78 is 7.02. The van der Waals surface area contributed by atoms with E-state index in [9.17, 15) is 19.6 Å². The van der Waals surface area contributed by atoms with Crippen molar-refractivity contribution in [3.05, 3.63) is 57.9 Å². The Morgan fingerprint density at radius 3 is 2.50 bits per heavy atom. The predicted octanol–water partition coefficient (Wildman–Crippen LogP) is 3.93. The van der Waals surface area contributed by atoms with E-state index < -0.39 is 24.5 Å². The number of benzene rings is 1. The van der Waals surface area contributed by atoms with Crippen LogP contribution in [0.15, 0.2) is 29.8 Å². The number of aromatic nitrogens is 1. The molecule has 0 aliphatic heterocycles. The van der Waals surface area contributed by atoms with Gasteiger partial charge in [0.25, 0.3) is 5.91 Å². The fourth-order valence-corrected chi connectivity index (χ4v) is 3.31. The molecule has 168 valence electrons. The number of rotatable bonds is 7. The highest BCUT2D eigenvalue weighted by Gasteiger charge is 2.17. The van der Waals surface area contributed by atoms with E-state index in [4.69, 9.17) is 4.74 Å². The second-order valence-corrected chi connectivity index (χ2v) is 7.54. The number of hydrogen-bond donors (Lipinski definition) is 2. The number of carbonyl (C=O) groups excluding carboxylic acids is 3. The lowest BCUT2D eigenvalue weighted by atomic mass is 10.1. The fraction of sp³-hybridized carbons (Fsp3) is 0.333. The monoisotopic (exact) mass is 436 g/mol. The maximum Gasteiger partial charge on any atom is 0.349 e. The van der Waals surface area contributed by atoms with Gasteiger partial charge in [0.2, 0.25) is 0 Å². The number of amides is 3. The Morgan fingerprint density at radius 2 is 1.88 bits per heavy atom. The molecule has 1 aromatic heterocycles. The molecule has 2 N–H and O–H groups in total. The summed E-state index contributed by atoms with van der Waals surface area (Å²) in [5.41, 5.74) is 4.93. The zero-order valence-electron chi connectivity index (χ0n) is 19.0. The van der Waals surface area contributed by atoms with Crippen LogP contribution in [0, 0.1) is 39.0 Å². The highest BCUT2D eigenvalue weighted by molar-refractivity contribution is 6.03. The van der Waals surface area contributed by atoms with E-state index >= 15 is 0 Å². The van der Waals surface area contributed by atoms with Gasteiger partial charge in [-0.1, -0.05) is 24.6 Å². The summed E-state index contributed by atoms with van der Waals surface area (Å²) in [6.45, 7) is 9.85. The number of imide groups is 1. The van der Waals surface area contributed by atoms with Crippen molar-refractivity contribution in [1.29, 1.82) is 5.26 Å². The van der Waals surface area contributed by atoms with Crippen LogP contribution in [0.25, 0.3) is 6.08 Å². The van der Waals surface area contributed by atoms with Gasteiger partial charge >= 0.3 is 12.0 Å². The van der Waals surface area contributed by atoms with E-state index in [1.54, 1.807) is 6.07 Å². The van der Waals surface area contributed by atoms with E-state index in [0.717, 1.165) is 41.0 Å². The Bertz CT molecular complexity index is 1110. The van der Waals surface area contributed by atoms with Gasteiger partial charge in [0.1, 0.15) is 11.6 Å². The predicted molar refractivity (Wildman–Crippen MR) is 122 cm³/mol. The summed E-state index contributed by atoms with van der Waals surface area (Å²) in [6, 6.07) is 8.43. The first kappa shape index (κ1) is 24.4. The number of esters is 1. The van der Waals surface area contributed by atoms with Gasteiger partial charge in [-0.2, -0.15) is 5.26 Å². The van der Waals surface area contributed by atoms with Crippen LogP contribution in [-0.2, 0) is 20.9 Å². The average molecular weight is 437 g/mol. The third kappa shape index (κ3) is 6.32. The molecule has 1 aromatic carbocycles. The van der Waals surface area contributed by atoms with Gasteiger partial charge in [0, 0.05) is 23.6 Å². The highest BCUT2D eigenvalue weighted by Crippen LogP contribution is 2.19. The second-order valence-electron chi connectivity index (χ2n) is 7.54. The number of nitrogens with zero attached hydrogens (tertiary/aromatic N) is 2. The van der Waals surface area contributed by atoms with Crippen molar-refractivity contribution in [2.24, 2.45) is 0 Å². The molecule has 8 heteroatoms. The summed E-state index contributed by atoms with van der Waals surface area (Å²) in [7, 11) is 0. The molecule has 1 heterocycles. The number of nitriles is 1. The van der Waals surface area contributed by atoms with Crippen molar-refractivity contribution in [2.75, 3.05) is 11.9 Å². The van der Waals surface area contributed by atoms with Gasteiger partial charge in [0.05, 0.1) is 0 Å². The molecule has 2 aromatic rings. The normalized spacial score (nSPS) is 10.9. The molecule has 3 amide bonds. The van der Waals surface area contributed by atoms with Crippen molar-refractivity contribution in [3.63, 3.8) is 0 Å². The largest absolute Gasteiger partial charge is 0.451 e. The quantitative estimate of drug-likeness (QED) is 0.388. The van der Waals surface area contributed by atoms with Gasteiger partial charge in [0.15, 0.2) is 6.61 Å². The third-order valence-corrected chi connectivity index (χ3v) is 4.92. The van der Waals surface area contributed by atoms with Crippen LogP contribution < -0.4 is 10.6 Å². The number of hydrogen-bond acceptors (Lipinski definition) is 5. The average Bonchev–Trinajstić information content (AvgIpc) is 3.00. The van der Waals surface area contributed by atoms with E-state index in [1.807, 2.05) is 52.0 Å². The van der Waals surface area contributed by atoms with Gasteiger partial charge in [-0.3, -0.25) is 10.1 Å². The summed E-state index contributed by atoms with van der Waals surface area (Å²) in [5.74, 6) is -1.74. The lowest BCUT2D eigenvalue weighted by Crippen LogP contribution is -2.37. The highest BCUT2D eigenvalue weighted by atomic mass is 16.5. The van der Waals surface area contributed by atoms with E-state index in [1.165, 1.54) is 6.08 Å². The first-order chi connectivity index (χ1) is 15.2. The summed E-state index contributed by atoms with van der Waals surface area (Å²) in [5, 5.41) is 14.0. The molecule has 0 fully saturated rings. The van der Waals surface area contributed by atoms with Crippen LogP contribution in [0.2, 0.25) is 0 Å². The van der Waals surface area contributed by atoms with Crippen molar-refractivity contribution in [1.82, 2.24) is 9.88 Å². The standard InChI is InChI=1S/C24H28N4O4/c1-6-9-28-17(4)11-19(18(28)5)12-20(13-25)23(30)32-14-22(29)27-24(31)26-21-8-7-15(2)10-16(21)3/h7-8,10-12H,6,9,14H2,1-5H3,(H2,26,27,29,31)/b20-12+. The van der Waals surface area contributed by atoms with Crippen molar-refractivity contribution in [2.45, 2.75) is 47.6 Å². The minimum absolute atomic E-state index is 0.228. The van der Waals surface area contributed by atoms with Crippen LogP contribution in [0.4, 0.5) is 10.5 Å². The molecule has 0 spiro atoms. The molecule has 0 saturated carbocycles. The molecule has 32 heavy (non-hydrogen) atoms. The van der Waals surface area contributed by atoms with Crippen LogP contribution in [0.3, 0.4) is 0 Å². The van der Waals surface area contributed by atoms with Gasteiger partial charge < -0.3 is 14.6 Å². The summed E-state index contributed by atoms with van der Waals surface area (Å²) in [4.78, 5) is 36.3. The Kier molecular flexibility index (Phi) is 8.36. The van der Waals surface area contributed by atoms with Crippen LogP contribution in [-0.4, -0.2) is 29.1 Å². The first-order valence-electron chi connectivity index (χ1n) is 10.3. The van der Waals surface area contributed by atoms with Crippen LogP contribution >= 0.6 is 0 Å². The zero-order valence-corrected chi connectivity index (χ0v) is 19.0. The Morgan fingerprint density at radius 1 is 1.16 bits per heavy atom. The fourth-order valence-electron chi connectivity index (χ4n) is 3.31.